The minimum atomic E-state index is -0.781. The highest BCUT2D eigenvalue weighted by Crippen LogP contribution is 2.25. The molecule has 0 unspecified atom stereocenters. The second-order valence-corrected chi connectivity index (χ2v) is 5.89. The SMILES string of the molecule is C=CCOc1ccc(CNCCC(C)(C)C(=O)O)cc1Cl. The molecule has 0 aliphatic heterocycles. The number of hydrogen-bond acceptors (Lipinski definition) is 3. The minimum absolute atomic E-state index is 0.418. The van der Waals surface area contributed by atoms with Crippen molar-refractivity contribution in [2.75, 3.05) is 13.2 Å². The number of carboxylic acids is 1. The van der Waals surface area contributed by atoms with Crippen LogP contribution >= 0.6 is 11.6 Å². The number of nitrogens with one attached hydrogen (secondary N) is 1. The smallest absolute Gasteiger partial charge is 0.309 e. The van der Waals surface area contributed by atoms with E-state index in [1.165, 1.54) is 0 Å². The van der Waals surface area contributed by atoms with Gasteiger partial charge in [0.05, 0.1) is 10.4 Å². The third-order valence-corrected chi connectivity index (χ3v) is 3.48. The van der Waals surface area contributed by atoms with Gasteiger partial charge in [-0.3, -0.25) is 4.79 Å². The zero-order valence-corrected chi connectivity index (χ0v) is 13.2. The van der Waals surface area contributed by atoms with E-state index in [1.807, 2.05) is 18.2 Å². The standard InChI is InChI=1S/C16H22ClNO3/c1-4-9-21-14-6-5-12(10-13(14)17)11-18-8-7-16(2,3)15(19)20/h4-6,10,18H,1,7-9,11H2,2-3H3,(H,19,20). The molecule has 0 atom stereocenters. The molecule has 1 aromatic carbocycles. The van der Waals surface area contributed by atoms with Gasteiger partial charge in [-0.1, -0.05) is 30.3 Å². The third-order valence-electron chi connectivity index (χ3n) is 3.19. The number of halogens is 1. The first-order valence-corrected chi connectivity index (χ1v) is 7.21. The van der Waals surface area contributed by atoms with E-state index >= 15 is 0 Å². The molecule has 0 saturated carbocycles. The van der Waals surface area contributed by atoms with Crippen molar-refractivity contribution in [2.45, 2.75) is 26.8 Å². The van der Waals surface area contributed by atoms with Gasteiger partial charge in [-0.2, -0.15) is 0 Å². The van der Waals surface area contributed by atoms with Gasteiger partial charge in [-0.05, 0) is 44.5 Å². The molecule has 1 aromatic rings. The minimum Gasteiger partial charge on any atom is -0.488 e. The summed E-state index contributed by atoms with van der Waals surface area (Å²) in [6.07, 6.45) is 2.23. The molecule has 0 amide bonds. The summed E-state index contributed by atoms with van der Waals surface area (Å²) >= 11 is 6.13. The van der Waals surface area contributed by atoms with E-state index in [9.17, 15) is 4.79 Å². The quantitative estimate of drug-likeness (QED) is 0.541. The highest BCUT2D eigenvalue weighted by Gasteiger charge is 2.25. The maximum atomic E-state index is 11.0. The maximum absolute atomic E-state index is 11.0. The van der Waals surface area contributed by atoms with E-state index in [1.54, 1.807) is 19.9 Å². The molecular weight excluding hydrogens is 290 g/mol. The fourth-order valence-corrected chi connectivity index (χ4v) is 1.92. The van der Waals surface area contributed by atoms with E-state index in [4.69, 9.17) is 21.4 Å². The van der Waals surface area contributed by atoms with E-state index in [-0.39, 0.29) is 0 Å². The lowest BCUT2D eigenvalue weighted by atomic mass is 9.90. The fraction of sp³-hybridized carbons (Fsp3) is 0.438. The van der Waals surface area contributed by atoms with Crippen molar-refractivity contribution in [3.63, 3.8) is 0 Å². The summed E-state index contributed by atoms with van der Waals surface area (Å²) < 4.78 is 5.40. The Hall–Kier alpha value is -1.52. The number of aliphatic carboxylic acids is 1. The molecule has 4 nitrogen and oxygen atoms in total. The summed E-state index contributed by atoms with van der Waals surface area (Å²) in [7, 11) is 0. The lowest BCUT2D eigenvalue weighted by Gasteiger charge is -2.19. The molecule has 0 radical (unpaired) electrons. The van der Waals surface area contributed by atoms with Crippen molar-refractivity contribution in [1.82, 2.24) is 5.32 Å². The van der Waals surface area contributed by atoms with Crippen LogP contribution in [-0.2, 0) is 11.3 Å². The van der Waals surface area contributed by atoms with Crippen molar-refractivity contribution in [3.8, 4) is 5.75 Å². The van der Waals surface area contributed by atoms with Crippen LogP contribution in [0, 0.1) is 5.41 Å². The van der Waals surface area contributed by atoms with Crippen LogP contribution in [0.15, 0.2) is 30.9 Å². The zero-order valence-electron chi connectivity index (χ0n) is 12.5. The second kappa shape index (κ2) is 8.05. The van der Waals surface area contributed by atoms with Crippen LogP contribution in [0.25, 0.3) is 0 Å². The molecule has 0 spiro atoms. The largest absolute Gasteiger partial charge is 0.488 e. The van der Waals surface area contributed by atoms with Gasteiger partial charge in [0, 0.05) is 6.54 Å². The summed E-state index contributed by atoms with van der Waals surface area (Å²) in [5, 5.41) is 12.8. The Morgan fingerprint density at radius 2 is 2.24 bits per heavy atom. The van der Waals surface area contributed by atoms with E-state index < -0.39 is 11.4 Å². The van der Waals surface area contributed by atoms with E-state index in [0.717, 1.165) is 5.56 Å². The Morgan fingerprint density at radius 1 is 1.52 bits per heavy atom. The van der Waals surface area contributed by atoms with Crippen molar-refractivity contribution in [3.05, 3.63) is 41.4 Å². The number of benzene rings is 1. The molecule has 0 heterocycles. The zero-order chi connectivity index (χ0) is 15.9. The van der Waals surface area contributed by atoms with E-state index in [0.29, 0.717) is 36.9 Å². The van der Waals surface area contributed by atoms with Crippen LogP contribution in [0.3, 0.4) is 0 Å². The molecule has 0 fully saturated rings. The third kappa shape index (κ3) is 5.78. The molecule has 116 valence electrons. The molecule has 0 saturated heterocycles. The van der Waals surface area contributed by atoms with Crippen LogP contribution in [0.4, 0.5) is 0 Å². The van der Waals surface area contributed by atoms with Crippen LogP contribution in [-0.4, -0.2) is 24.2 Å². The molecule has 0 bridgehead atoms. The fourth-order valence-electron chi connectivity index (χ4n) is 1.66. The van der Waals surface area contributed by atoms with E-state index in [2.05, 4.69) is 11.9 Å². The van der Waals surface area contributed by atoms with Crippen LogP contribution in [0.2, 0.25) is 5.02 Å². The number of hydrogen-bond donors (Lipinski definition) is 2. The molecule has 5 heteroatoms. The average molecular weight is 312 g/mol. The Bertz CT molecular complexity index is 500. The van der Waals surface area contributed by atoms with Crippen molar-refractivity contribution in [2.24, 2.45) is 5.41 Å². The second-order valence-electron chi connectivity index (χ2n) is 5.48. The number of ether oxygens (including phenoxy) is 1. The Labute approximate surface area is 130 Å². The van der Waals surface area contributed by atoms with Gasteiger partial charge >= 0.3 is 5.97 Å². The van der Waals surface area contributed by atoms with Gasteiger partial charge in [-0.25, -0.2) is 0 Å². The lowest BCUT2D eigenvalue weighted by molar-refractivity contribution is -0.147. The van der Waals surface area contributed by atoms with Crippen LogP contribution < -0.4 is 10.1 Å². The van der Waals surface area contributed by atoms with Gasteiger partial charge in [0.2, 0.25) is 0 Å². The van der Waals surface area contributed by atoms with Gasteiger partial charge in [0.15, 0.2) is 0 Å². The first kappa shape index (κ1) is 17.5. The van der Waals surface area contributed by atoms with Gasteiger partial charge < -0.3 is 15.2 Å². The maximum Gasteiger partial charge on any atom is 0.309 e. The van der Waals surface area contributed by atoms with Crippen molar-refractivity contribution >= 4 is 17.6 Å². The summed E-state index contributed by atoms with van der Waals surface area (Å²) in [5.74, 6) is -0.150. The summed E-state index contributed by atoms with van der Waals surface area (Å²) in [6.45, 7) is 8.71. The highest BCUT2D eigenvalue weighted by molar-refractivity contribution is 6.32. The Morgan fingerprint density at radius 3 is 2.81 bits per heavy atom. The predicted octanol–water partition coefficient (Wildman–Crippen LogP) is 3.50. The molecule has 0 aromatic heterocycles. The van der Waals surface area contributed by atoms with Gasteiger partial charge in [0.25, 0.3) is 0 Å². The van der Waals surface area contributed by atoms with Crippen LogP contribution in [0.5, 0.6) is 5.75 Å². The first-order chi connectivity index (χ1) is 9.86. The van der Waals surface area contributed by atoms with Crippen molar-refractivity contribution < 1.29 is 14.6 Å². The highest BCUT2D eigenvalue weighted by atomic mass is 35.5. The molecule has 0 aliphatic rings. The van der Waals surface area contributed by atoms with Crippen LogP contribution in [0.1, 0.15) is 25.8 Å². The average Bonchev–Trinajstić information content (AvgIpc) is 2.42. The monoisotopic (exact) mass is 311 g/mol. The summed E-state index contributed by atoms with van der Waals surface area (Å²) in [6, 6.07) is 5.60. The topological polar surface area (TPSA) is 58.6 Å². The molecular formula is C16H22ClNO3. The van der Waals surface area contributed by atoms with Gasteiger partial charge in [0.1, 0.15) is 12.4 Å². The molecule has 0 aliphatic carbocycles. The number of carbonyl (C=O) groups is 1. The molecule has 2 N–H and O–H groups in total. The Kier molecular flexibility index (Phi) is 6.72. The summed E-state index contributed by atoms with van der Waals surface area (Å²) in [5.41, 5.74) is 0.312. The predicted molar refractivity (Wildman–Crippen MR) is 84.9 cm³/mol. The summed E-state index contributed by atoms with van der Waals surface area (Å²) in [4.78, 5) is 11.0. The molecule has 21 heavy (non-hydrogen) atoms. The normalized spacial score (nSPS) is 11.2. The Balaban J connectivity index is 2.44. The van der Waals surface area contributed by atoms with Gasteiger partial charge in [-0.15, -0.1) is 0 Å². The lowest BCUT2D eigenvalue weighted by Crippen LogP contribution is -2.28. The first-order valence-electron chi connectivity index (χ1n) is 6.83. The van der Waals surface area contributed by atoms with Crippen molar-refractivity contribution in [1.29, 1.82) is 0 Å². The number of rotatable bonds is 9. The molecule has 1 rings (SSSR count). The number of carboxylic acid groups (broad SMARTS) is 1.